The summed E-state index contributed by atoms with van der Waals surface area (Å²) in [5.41, 5.74) is 6.16. The van der Waals surface area contributed by atoms with E-state index in [1.165, 1.54) is 0 Å². The zero-order valence-electron chi connectivity index (χ0n) is 10.4. The number of aromatic nitrogens is 4. The van der Waals surface area contributed by atoms with Gasteiger partial charge >= 0.3 is 0 Å². The Bertz CT molecular complexity index is 471. The minimum absolute atomic E-state index is 0.104. The molecule has 2 N–H and O–H groups in total. The first kappa shape index (κ1) is 11.9. The van der Waals surface area contributed by atoms with Gasteiger partial charge in [0.15, 0.2) is 0 Å². The van der Waals surface area contributed by atoms with Gasteiger partial charge in [0.1, 0.15) is 11.6 Å². The molecule has 17 heavy (non-hydrogen) atoms. The van der Waals surface area contributed by atoms with Crippen LogP contribution in [0.5, 0.6) is 0 Å². The maximum Gasteiger partial charge on any atom is 0.125 e. The van der Waals surface area contributed by atoms with E-state index in [2.05, 4.69) is 21.5 Å². The Hall–Kier alpha value is -1.62. The van der Waals surface area contributed by atoms with Crippen LogP contribution >= 0.6 is 0 Å². The fourth-order valence-electron chi connectivity index (χ4n) is 2.00. The third kappa shape index (κ3) is 2.55. The zero-order chi connectivity index (χ0) is 12.3. The van der Waals surface area contributed by atoms with Gasteiger partial charge in [-0.1, -0.05) is 6.92 Å². The second-order valence-corrected chi connectivity index (χ2v) is 4.24. The van der Waals surface area contributed by atoms with Crippen LogP contribution in [0, 0.1) is 0 Å². The number of nitrogens with zero attached hydrogens (tertiary/aromatic N) is 4. The lowest BCUT2D eigenvalue weighted by atomic mass is 10.2. The monoisotopic (exact) mass is 233 g/mol. The molecule has 1 unspecified atom stereocenters. The summed E-state index contributed by atoms with van der Waals surface area (Å²) in [4.78, 5) is 8.63. The van der Waals surface area contributed by atoms with Crippen molar-refractivity contribution < 1.29 is 0 Å². The molecule has 2 heterocycles. The summed E-state index contributed by atoms with van der Waals surface area (Å²) >= 11 is 0. The van der Waals surface area contributed by atoms with E-state index in [0.29, 0.717) is 0 Å². The Morgan fingerprint density at radius 3 is 2.71 bits per heavy atom. The molecule has 2 aromatic heterocycles. The fraction of sp³-hybridized carbons (Fsp3) is 0.500. The second-order valence-electron chi connectivity index (χ2n) is 4.24. The first-order chi connectivity index (χ1) is 8.22. The quantitative estimate of drug-likeness (QED) is 0.846. The van der Waals surface area contributed by atoms with E-state index >= 15 is 0 Å². The van der Waals surface area contributed by atoms with Crippen molar-refractivity contribution in [2.75, 3.05) is 0 Å². The van der Waals surface area contributed by atoms with E-state index in [1.807, 2.05) is 30.2 Å². The third-order valence-electron chi connectivity index (χ3n) is 2.86. The van der Waals surface area contributed by atoms with Crippen molar-refractivity contribution in [2.24, 2.45) is 12.8 Å². The Kier molecular flexibility index (Phi) is 3.58. The number of nitrogens with two attached hydrogens (primary N) is 1. The zero-order valence-corrected chi connectivity index (χ0v) is 10.4. The smallest absolute Gasteiger partial charge is 0.125 e. The van der Waals surface area contributed by atoms with E-state index in [4.69, 9.17) is 5.73 Å². The summed E-state index contributed by atoms with van der Waals surface area (Å²) in [6.45, 7) is 3.14. The van der Waals surface area contributed by atoms with E-state index in [-0.39, 0.29) is 6.04 Å². The minimum Gasteiger partial charge on any atom is -0.337 e. The van der Waals surface area contributed by atoms with Crippen LogP contribution in [0.2, 0.25) is 0 Å². The van der Waals surface area contributed by atoms with Crippen molar-refractivity contribution in [3.05, 3.63) is 36.4 Å². The predicted molar refractivity (Wildman–Crippen MR) is 66.4 cm³/mol. The van der Waals surface area contributed by atoms with E-state index in [1.54, 1.807) is 6.20 Å². The maximum atomic E-state index is 6.16. The number of aryl methyl sites for hydroxylation is 2. The number of hydrogen-bond donors (Lipinski definition) is 1. The Morgan fingerprint density at radius 2 is 2.06 bits per heavy atom. The molecule has 2 aromatic rings. The molecular formula is C12H19N5. The summed E-state index contributed by atoms with van der Waals surface area (Å²) in [6.07, 6.45) is 9.33. The van der Waals surface area contributed by atoms with Crippen molar-refractivity contribution in [3.8, 4) is 0 Å². The maximum absolute atomic E-state index is 6.16. The van der Waals surface area contributed by atoms with Gasteiger partial charge in [-0.3, -0.25) is 0 Å². The van der Waals surface area contributed by atoms with Crippen molar-refractivity contribution >= 4 is 0 Å². The second kappa shape index (κ2) is 5.14. The SMILES string of the molecule is CCCn1ccnc1CC(N)c1nccn1C. The van der Waals surface area contributed by atoms with Crippen molar-refractivity contribution in [3.63, 3.8) is 0 Å². The first-order valence-corrected chi connectivity index (χ1v) is 5.95. The van der Waals surface area contributed by atoms with Crippen molar-refractivity contribution in [2.45, 2.75) is 32.4 Å². The minimum atomic E-state index is -0.104. The highest BCUT2D eigenvalue weighted by atomic mass is 15.1. The molecule has 0 fully saturated rings. The summed E-state index contributed by atoms with van der Waals surface area (Å²) in [7, 11) is 1.96. The molecule has 0 aliphatic carbocycles. The van der Waals surface area contributed by atoms with Crippen LogP contribution in [0.4, 0.5) is 0 Å². The van der Waals surface area contributed by atoms with Crippen LogP contribution in [-0.4, -0.2) is 19.1 Å². The molecule has 0 aromatic carbocycles. The molecule has 0 bridgehead atoms. The molecule has 1 atom stereocenters. The normalized spacial score (nSPS) is 12.9. The van der Waals surface area contributed by atoms with Gasteiger partial charge in [-0.25, -0.2) is 9.97 Å². The topological polar surface area (TPSA) is 61.7 Å². The third-order valence-corrected chi connectivity index (χ3v) is 2.86. The van der Waals surface area contributed by atoms with Crippen LogP contribution in [-0.2, 0) is 20.0 Å². The van der Waals surface area contributed by atoms with Crippen LogP contribution in [0.1, 0.15) is 31.0 Å². The number of rotatable bonds is 5. The summed E-state index contributed by atoms with van der Waals surface area (Å²) < 4.78 is 4.11. The van der Waals surface area contributed by atoms with Gasteiger partial charge in [-0.05, 0) is 6.42 Å². The van der Waals surface area contributed by atoms with Gasteiger partial charge in [0, 0.05) is 44.8 Å². The lowest BCUT2D eigenvalue weighted by Gasteiger charge is -2.12. The molecule has 5 nitrogen and oxygen atoms in total. The van der Waals surface area contributed by atoms with Gasteiger partial charge in [0.25, 0.3) is 0 Å². The van der Waals surface area contributed by atoms with Crippen molar-refractivity contribution in [1.82, 2.24) is 19.1 Å². The van der Waals surface area contributed by atoms with Crippen LogP contribution in [0.25, 0.3) is 0 Å². The molecule has 0 spiro atoms. The molecule has 0 radical (unpaired) electrons. The van der Waals surface area contributed by atoms with Gasteiger partial charge in [-0.2, -0.15) is 0 Å². The largest absolute Gasteiger partial charge is 0.337 e. The van der Waals surface area contributed by atoms with Gasteiger partial charge in [0.2, 0.25) is 0 Å². The molecule has 2 rings (SSSR count). The lowest BCUT2D eigenvalue weighted by Crippen LogP contribution is -2.20. The summed E-state index contributed by atoms with van der Waals surface area (Å²) in [5.74, 6) is 1.93. The highest BCUT2D eigenvalue weighted by molar-refractivity contribution is 5.03. The molecule has 0 aliphatic heterocycles. The predicted octanol–water partition coefficient (Wildman–Crippen LogP) is 1.27. The van der Waals surface area contributed by atoms with Gasteiger partial charge in [0.05, 0.1) is 6.04 Å². The number of hydrogen-bond acceptors (Lipinski definition) is 3. The molecule has 0 amide bonds. The average molecular weight is 233 g/mol. The Labute approximate surface area is 101 Å². The van der Waals surface area contributed by atoms with Crippen LogP contribution in [0.15, 0.2) is 24.8 Å². The van der Waals surface area contributed by atoms with E-state index in [0.717, 1.165) is 31.0 Å². The molecule has 5 heteroatoms. The Balaban J connectivity index is 2.10. The highest BCUT2D eigenvalue weighted by Crippen LogP contribution is 2.13. The first-order valence-electron chi connectivity index (χ1n) is 5.95. The Morgan fingerprint density at radius 1 is 1.29 bits per heavy atom. The molecular weight excluding hydrogens is 214 g/mol. The fourth-order valence-corrected chi connectivity index (χ4v) is 2.00. The molecule has 92 valence electrons. The van der Waals surface area contributed by atoms with Gasteiger partial charge < -0.3 is 14.9 Å². The highest BCUT2D eigenvalue weighted by Gasteiger charge is 2.14. The average Bonchev–Trinajstić information content (AvgIpc) is 2.89. The van der Waals surface area contributed by atoms with Crippen LogP contribution in [0.3, 0.4) is 0 Å². The molecule has 0 saturated heterocycles. The van der Waals surface area contributed by atoms with Crippen molar-refractivity contribution in [1.29, 1.82) is 0 Å². The van der Waals surface area contributed by atoms with E-state index in [9.17, 15) is 0 Å². The van der Waals surface area contributed by atoms with E-state index < -0.39 is 0 Å². The molecule has 0 aliphatic rings. The van der Waals surface area contributed by atoms with Gasteiger partial charge in [-0.15, -0.1) is 0 Å². The standard InChI is InChI=1S/C12H19N5/c1-3-6-17-8-5-14-11(17)9-10(13)12-15-4-7-16(12)2/h4-5,7-8,10H,3,6,9,13H2,1-2H3. The summed E-state index contributed by atoms with van der Waals surface area (Å²) in [6, 6.07) is -0.104. The summed E-state index contributed by atoms with van der Waals surface area (Å²) in [5, 5.41) is 0. The number of imidazole rings is 2. The lowest BCUT2D eigenvalue weighted by molar-refractivity contribution is 0.570. The molecule has 0 saturated carbocycles. The van der Waals surface area contributed by atoms with Crippen LogP contribution < -0.4 is 5.73 Å².